The van der Waals surface area contributed by atoms with Gasteiger partial charge in [-0.05, 0) is 77.5 Å². The molecule has 1 N–H and O–H groups in total. The van der Waals surface area contributed by atoms with Crippen LogP contribution in [0.1, 0.15) is 47.0 Å². The normalized spacial score (nSPS) is 23.4. The van der Waals surface area contributed by atoms with E-state index in [-0.39, 0.29) is 6.09 Å². The lowest BCUT2D eigenvalue weighted by atomic mass is 9.91. The largest absolute Gasteiger partial charge is 0.497 e. The van der Waals surface area contributed by atoms with Gasteiger partial charge in [0.1, 0.15) is 11.4 Å². The number of nitrogens with zero attached hydrogens (tertiary/aromatic N) is 2. The van der Waals surface area contributed by atoms with Gasteiger partial charge in [-0.3, -0.25) is 0 Å². The molecular weight excluding hydrogens is 378 g/mol. The van der Waals surface area contributed by atoms with E-state index >= 15 is 0 Å². The third-order valence-corrected chi connectivity index (χ3v) is 6.25. The number of anilines is 1. The van der Waals surface area contributed by atoms with E-state index in [1.54, 1.807) is 7.11 Å². The third kappa shape index (κ3) is 6.27. The number of nitrogens with one attached hydrogen (secondary N) is 1. The first-order valence-electron chi connectivity index (χ1n) is 11.4. The number of hydrogen-bond donors (Lipinski definition) is 1. The topological polar surface area (TPSA) is 54.0 Å². The fourth-order valence-electron chi connectivity index (χ4n) is 4.47. The zero-order chi connectivity index (χ0) is 21.7. The smallest absolute Gasteiger partial charge is 0.410 e. The highest BCUT2D eigenvalue weighted by molar-refractivity contribution is 5.68. The maximum Gasteiger partial charge on any atom is 0.410 e. The molecule has 2 saturated heterocycles. The number of benzene rings is 1. The molecule has 30 heavy (non-hydrogen) atoms. The van der Waals surface area contributed by atoms with Gasteiger partial charge in [0.15, 0.2) is 0 Å². The van der Waals surface area contributed by atoms with E-state index in [0.717, 1.165) is 51.3 Å². The Labute approximate surface area is 181 Å². The van der Waals surface area contributed by atoms with Gasteiger partial charge in [0.2, 0.25) is 0 Å². The highest BCUT2D eigenvalue weighted by Gasteiger charge is 2.31. The van der Waals surface area contributed by atoms with Crippen molar-refractivity contribution in [1.29, 1.82) is 0 Å². The molecule has 1 amide bonds. The summed E-state index contributed by atoms with van der Waals surface area (Å²) < 4.78 is 10.9. The van der Waals surface area contributed by atoms with Crippen LogP contribution < -0.4 is 15.0 Å². The fourth-order valence-corrected chi connectivity index (χ4v) is 4.47. The van der Waals surface area contributed by atoms with Gasteiger partial charge in [0, 0.05) is 44.0 Å². The first kappa shape index (κ1) is 22.7. The summed E-state index contributed by atoms with van der Waals surface area (Å²) in [5.74, 6) is 2.03. The van der Waals surface area contributed by atoms with Crippen molar-refractivity contribution >= 4 is 11.8 Å². The molecule has 0 aromatic heterocycles. The lowest BCUT2D eigenvalue weighted by Gasteiger charge is -2.37. The van der Waals surface area contributed by atoms with Gasteiger partial charge in [-0.15, -0.1) is 0 Å². The van der Waals surface area contributed by atoms with Crippen LogP contribution in [0.25, 0.3) is 0 Å². The van der Waals surface area contributed by atoms with Crippen LogP contribution in [-0.2, 0) is 4.74 Å². The lowest BCUT2D eigenvalue weighted by Crippen LogP contribution is -2.48. The van der Waals surface area contributed by atoms with Crippen LogP contribution in [0.3, 0.4) is 0 Å². The summed E-state index contributed by atoms with van der Waals surface area (Å²) in [7, 11) is 1.71. The second kappa shape index (κ2) is 9.90. The molecule has 168 valence electrons. The number of amides is 1. The highest BCUT2D eigenvalue weighted by atomic mass is 16.6. The van der Waals surface area contributed by atoms with Crippen LogP contribution in [-0.4, -0.2) is 62.5 Å². The lowest BCUT2D eigenvalue weighted by molar-refractivity contribution is 0.0148. The van der Waals surface area contributed by atoms with E-state index < -0.39 is 5.60 Å². The average Bonchev–Trinajstić information content (AvgIpc) is 3.20. The zero-order valence-electron chi connectivity index (χ0n) is 19.3. The summed E-state index contributed by atoms with van der Waals surface area (Å²) in [5, 5.41) is 3.77. The Bertz CT molecular complexity index is 703. The summed E-state index contributed by atoms with van der Waals surface area (Å²) in [5.41, 5.74) is 0.801. The van der Waals surface area contributed by atoms with Crippen LogP contribution in [0.2, 0.25) is 0 Å². The second-order valence-corrected chi connectivity index (χ2v) is 9.83. The van der Waals surface area contributed by atoms with Crippen molar-refractivity contribution in [2.75, 3.05) is 44.7 Å². The fraction of sp³-hybridized carbons (Fsp3) is 0.708. The number of likely N-dealkylation sites (tertiary alicyclic amines) is 1. The summed E-state index contributed by atoms with van der Waals surface area (Å²) in [6, 6.07) is 8.72. The number of hydrogen-bond acceptors (Lipinski definition) is 5. The Morgan fingerprint density at radius 2 is 2.03 bits per heavy atom. The molecule has 0 radical (unpaired) electrons. The molecule has 1 aromatic rings. The number of rotatable bonds is 6. The van der Waals surface area contributed by atoms with Crippen molar-refractivity contribution in [1.82, 2.24) is 10.2 Å². The van der Waals surface area contributed by atoms with Gasteiger partial charge >= 0.3 is 6.09 Å². The molecule has 0 aliphatic carbocycles. The molecule has 2 heterocycles. The van der Waals surface area contributed by atoms with Crippen molar-refractivity contribution in [3.8, 4) is 5.75 Å². The number of carbonyl (C=O) groups is 1. The molecule has 3 atom stereocenters. The van der Waals surface area contributed by atoms with Crippen LogP contribution in [0, 0.1) is 11.8 Å². The molecule has 2 fully saturated rings. The van der Waals surface area contributed by atoms with E-state index in [2.05, 4.69) is 35.3 Å². The maximum absolute atomic E-state index is 12.4. The second-order valence-electron chi connectivity index (χ2n) is 9.83. The van der Waals surface area contributed by atoms with Crippen LogP contribution in [0.5, 0.6) is 5.75 Å². The van der Waals surface area contributed by atoms with Crippen molar-refractivity contribution in [2.24, 2.45) is 11.8 Å². The van der Waals surface area contributed by atoms with Gasteiger partial charge in [0.05, 0.1) is 7.11 Å². The van der Waals surface area contributed by atoms with Gasteiger partial charge < -0.3 is 24.6 Å². The molecule has 6 heteroatoms. The minimum Gasteiger partial charge on any atom is -0.497 e. The zero-order valence-corrected chi connectivity index (χ0v) is 19.3. The number of carbonyl (C=O) groups excluding carboxylic acids is 1. The molecule has 0 unspecified atom stereocenters. The van der Waals surface area contributed by atoms with Gasteiger partial charge in [0.25, 0.3) is 0 Å². The van der Waals surface area contributed by atoms with Crippen LogP contribution >= 0.6 is 0 Å². The SMILES string of the molecule is COc1cccc(N2CC[C@H](CN[C@H](C)[C@@H]3CCCN(C(=O)OC(C)(C)C)C3)C2)c1. The standard InChI is InChI=1S/C24H39N3O3/c1-18(20-8-7-12-27(17-20)23(28)30-24(2,3)4)25-15-19-11-13-26(16-19)21-9-6-10-22(14-21)29-5/h6,9-10,14,18-20,25H,7-8,11-13,15-17H2,1-5H3/t18-,19-,20-/m1/s1. The maximum atomic E-state index is 12.4. The summed E-state index contributed by atoms with van der Waals surface area (Å²) in [4.78, 5) is 16.8. The Kier molecular flexibility index (Phi) is 7.50. The Morgan fingerprint density at radius 3 is 2.77 bits per heavy atom. The van der Waals surface area contributed by atoms with Crippen molar-refractivity contribution in [3.05, 3.63) is 24.3 Å². The van der Waals surface area contributed by atoms with E-state index in [9.17, 15) is 4.79 Å². The monoisotopic (exact) mass is 417 g/mol. The van der Waals surface area contributed by atoms with Crippen molar-refractivity contribution in [3.63, 3.8) is 0 Å². The quantitative estimate of drug-likeness (QED) is 0.754. The molecule has 2 aliphatic heterocycles. The molecule has 2 aliphatic rings. The van der Waals surface area contributed by atoms with Gasteiger partial charge in [-0.2, -0.15) is 0 Å². The van der Waals surface area contributed by atoms with Gasteiger partial charge in [-0.1, -0.05) is 6.07 Å². The van der Waals surface area contributed by atoms with Crippen LogP contribution in [0.4, 0.5) is 10.5 Å². The number of methoxy groups -OCH3 is 1. The van der Waals surface area contributed by atoms with Gasteiger partial charge in [-0.25, -0.2) is 4.79 Å². The Hall–Kier alpha value is -1.95. The summed E-state index contributed by atoms with van der Waals surface area (Å²) >= 11 is 0. The average molecular weight is 418 g/mol. The summed E-state index contributed by atoms with van der Waals surface area (Å²) in [6.45, 7) is 12.8. The molecule has 0 saturated carbocycles. The molecule has 0 spiro atoms. The number of piperidine rings is 1. The number of ether oxygens (including phenoxy) is 2. The van der Waals surface area contributed by atoms with Crippen LogP contribution in [0.15, 0.2) is 24.3 Å². The molecule has 3 rings (SSSR count). The first-order valence-corrected chi connectivity index (χ1v) is 11.4. The predicted octanol–water partition coefficient (Wildman–Crippen LogP) is 4.15. The van der Waals surface area contributed by atoms with E-state index in [1.807, 2.05) is 31.7 Å². The minimum absolute atomic E-state index is 0.177. The predicted molar refractivity (Wildman–Crippen MR) is 121 cm³/mol. The van der Waals surface area contributed by atoms with Crippen molar-refractivity contribution in [2.45, 2.75) is 58.6 Å². The summed E-state index contributed by atoms with van der Waals surface area (Å²) in [6.07, 6.45) is 3.23. The highest BCUT2D eigenvalue weighted by Crippen LogP contribution is 2.27. The molecule has 1 aromatic carbocycles. The van der Waals surface area contributed by atoms with E-state index in [1.165, 1.54) is 12.1 Å². The first-order chi connectivity index (χ1) is 14.2. The molecular formula is C24H39N3O3. The minimum atomic E-state index is -0.439. The van der Waals surface area contributed by atoms with E-state index in [0.29, 0.717) is 17.9 Å². The van der Waals surface area contributed by atoms with Crippen molar-refractivity contribution < 1.29 is 14.3 Å². The Balaban J connectivity index is 1.45. The van der Waals surface area contributed by atoms with E-state index in [4.69, 9.17) is 9.47 Å². The third-order valence-electron chi connectivity index (χ3n) is 6.25. The molecule has 0 bridgehead atoms. The Morgan fingerprint density at radius 1 is 1.23 bits per heavy atom. The molecule has 6 nitrogen and oxygen atoms in total.